The van der Waals surface area contributed by atoms with E-state index in [1.165, 1.54) is 23.9 Å². The van der Waals surface area contributed by atoms with Crippen LogP contribution in [0.15, 0.2) is 34.0 Å². The second kappa shape index (κ2) is 10.1. The molecule has 1 fully saturated rings. The molecule has 4 atom stereocenters. The molecule has 0 amide bonds. The Morgan fingerprint density at radius 3 is 2.62 bits per heavy atom. The summed E-state index contributed by atoms with van der Waals surface area (Å²) in [5, 5.41) is 10.5. The van der Waals surface area contributed by atoms with E-state index in [9.17, 15) is 14.7 Å². The van der Waals surface area contributed by atoms with Crippen molar-refractivity contribution in [3.63, 3.8) is 0 Å². The summed E-state index contributed by atoms with van der Waals surface area (Å²) in [6.45, 7) is 4.92. The zero-order valence-electron chi connectivity index (χ0n) is 15.0. The van der Waals surface area contributed by atoms with Crippen molar-refractivity contribution < 1.29 is 23.6 Å². The molecule has 0 spiro atoms. The van der Waals surface area contributed by atoms with Crippen LogP contribution in [0.4, 0.5) is 0 Å². The number of aromatic amines is 1. The highest BCUT2D eigenvalue weighted by Gasteiger charge is 2.44. The Morgan fingerprint density at radius 2 is 2.04 bits per heavy atom. The van der Waals surface area contributed by atoms with Crippen molar-refractivity contribution in [3.8, 4) is 0 Å². The van der Waals surface area contributed by atoms with E-state index in [0.29, 0.717) is 19.4 Å². The lowest BCUT2D eigenvalue weighted by Gasteiger charge is -2.19. The number of aromatic nitrogens is 2. The van der Waals surface area contributed by atoms with Crippen molar-refractivity contribution in [2.75, 3.05) is 26.5 Å². The first-order chi connectivity index (χ1) is 12.5. The summed E-state index contributed by atoms with van der Waals surface area (Å²) in [6, 6.07) is 1.21. The lowest BCUT2D eigenvalue weighted by molar-refractivity contribution is -0.0491. The van der Waals surface area contributed by atoms with Crippen molar-refractivity contribution in [1.82, 2.24) is 9.55 Å². The molecule has 2 N–H and O–H groups in total. The third-order valence-corrected chi connectivity index (χ3v) is 5.38. The molecule has 0 aromatic carbocycles. The summed E-state index contributed by atoms with van der Waals surface area (Å²) in [5.74, 6) is 0. The highest BCUT2D eigenvalue weighted by Crippen LogP contribution is 2.38. The van der Waals surface area contributed by atoms with E-state index in [2.05, 4.69) is 4.98 Å². The predicted octanol–water partition coefficient (Wildman–Crippen LogP) is 0.751. The van der Waals surface area contributed by atoms with Crippen LogP contribution >= 0.6 is 8.38 Å². The van der Waals surface area contributed by atoms with Gasteiger partial charge in [0.25, 0.3) is 5.56 Å². The summed E-state index contributed by atoms with van der Waals surface area (Å²) < 4.78 is 23.3. The van der Waals surface area contributed by atoms with Gasteiger partial charge in [-0.05, 0) is 13.8 Å². The summed E-state index contributed by atoms with van der Waals surface area (Å²) in [6.07, 6.45) is 2.18. The standard InChI is InChI=1S/C16H25N2O7P/c1-4-23-26(24-5-2)10-6-7-11-13(20)14(22-3)15(25-11)18-9-8-12(19)17-16(18)21/h6-9,11,13-15,20H,4-5,10H2,1-3H3,(H,17,19,21)/b7-6+. The molecule has 9 nitrogen and oxygen atoms in total. The van der Waals surface area contributed by atoms with Crippen LogP contribution in [0.2, 0.25) is 0 Å². The lowest BCUT2D eigenvalue weighted by Crippen LogP contribution is -2.38. The molecule has 0 radical (unpaired) electrons. The normalized spacial score (nSPS) is 26.2. The number of hydrogen-bond acceptors (Lipinski definition) is 7. The van der Waals surface area contributed by atoms with Gasteiger partial charge in [0.05, 0.1) is 13.2 Å². The molecule has 0 aliphatic carbocycles. The summed E-state index contributed by atoms with van der Waals surface area (Å²) in [4.78, 5) is 25.4. The first-order valence-electron chi connectivity index (χ1n) is 8.39. The molecular weight excluding hydrogens is 363 g/mol. The van der Waals surface area contributed by atoms with E-state index in [4.69, 9.17) is 18.5 Å². The number of aliphatic hydroxyl groups is 1. The molecule has 4 unspecified atom stereocenters. The molecule has 0 saturated carbocycles. The quantitative estimate of drug-likeness (QED) is 0.474. The van der Waals surface area contributed by atoms with Gasteiger partial charge in [0.15, 0.2) is 14.6 Å². The van der Waals surface area contributed by atoms with E-state index < -0.39 is 44.2 Å². The fourth-order valence-corrected chi connectivity index (χ4v) is 3.81. The zero-order chi connectivity index (χ0) is 19.1. The molecule has 146 valence electrons. The Bertz CT molecular complexity index is 698. The highest BCUT2D eigenvalue weighted by atomic mass is 31.2. The van der Waals surface area contributed by atoms with E-state index in [1.54, 1.807) is 6.08 Å². The topological polar surface area (TPSA) is 112 Å². The minimum atomic E-state index is -1.02. The van der Waals surface area contributed by atoms with Crippen molar-refractivity contribution in [3.05, 3.63) is 45.3 Å². The predicted molar refractivity (Wildman–Crippen MR) is 96.2 cm³/mol. The van der Waals surface area contributed by atoms with Gasteiger partial charge in [-0.1, -0.05) is 12.2 Å². The summed E-state index contributed by atoms with van der Waals surface area (Å²) in [7, 11) is 0.403. The van der Waals surface area contributed by atoms with Crippen LogP contribution < -0.4 is 11.2 Å². The molecule has 10 heteroatoms. The third-order valence-electron chi connectivity index (χ3n) is 3.77. The Hall–Kier alpha value is -1.35. The lowest BCUT2D eigenvalue weighted by atomic mass is 10.1. The molecule has 0 bridgehead atoms. The number of allylic oxidation sites excluding steroid dienone is 1. The average molecular weight is 388 g/mol. The van der Waals surface area contributed by atoms with Crippen LogP contribution in [0.25, 0.3) is 0 Å². The Kier molecular flexibility index (Phi) is 8.15. The molecular formula is C16H25N2O7P. The maximum atomic E-state index is 12.0. The first-order valence-corrected chi connectivity index (χ1v) is 9.75. The van der Waals surface area contributed by atoms with Gasteiger partial charge in [0, 0.05) is 25.5 Å². The van der Waals surface area contributed by atoms with Crippen LogP contribution in [0.1, 0.15) is 20.1 Å². The van der Waals surface area contributed by atoms with Crippen molar-refractivity contribution in [2.45, 2.75) is 38.4 Å². The zero-order valence-corrected chi connectivity index (χ0v) is 15.9. The van der Waals surface area contributed by atoms with Crippen molar-refractivity contribution in [2.24, 2.45) is 0 Å². The first kappa shape index (κ1) is 21.0. The largest absolute Gasteiger partial charge is 0.387 e. The molecule has 2 rings (SSSR count). The summed E-state index contributed by atoms with van der Waals surface area (Å²) in [5.41, 5.74) is -1.13. The average Bonchev–Trinajstić information content (AvgIpc) is 2.91. The van der Waals surface area contributed by atoms with E-state index >= 15 is 0 Å². The Morgan fingerprint density at radius 1 is 1.35 bits per heavy atom. The molecule has 1 aromatic heterocycles. The molecule has 1 aliphatic heterocycles. The molecule has 1 aliphatic rings. The van der Waals surface area contributed by atoms with Crippen LogP contribution in [-0.2, 0) is 18.5 Å². The summed E-state index contributed by atoms with van der Waals surface area (Å²) >= 11 is 0. The van der Waals surface area contributed by atoms with Gasteiger partial charge < -0.3 is 23.6 Å². The monoisotopic (exact) mass is 388 g/mol. The molecule has 1 saturated heterocycles. The number of nitrogens with zero attached hydrogens (tertiary/aromatic N) is 1. The van der Waals surface area contributed by atoms with Gasteiger partial charge >= 0.3 is 5.69 Å². The van der Waals surface area contributed by atoms with Crippen LogP contribution in [0, 0.1) is 0 Å². The van der Waals surface area contributed by atoms with Crippen molar-refractivity contribution in [1.29, 1.82) is 0 Å². The Labute approximate surface area is 152 Å². The smallest absolute Gasteiger partial charge is 0.330 e. The number of aliphatic hydroxyl groups excluding tert-OH is 1. The highest BCUT2D eigenvalue weighted by molar-refractivity contribution is 7.47. The third kappa shape index (κ3) is 5.09. The minimum absolute atomic E-state index is 0.504. The second-order valence-electron chi connectivity index (χ2n) is 5.48. The fraction of sp³-hybridized carbons (Fsp3) is 0.625. The number of ether oxygens (including phenoxy) is 2. The number of hydrogen-bond donors (Lipinski definition) is 2. The van der Waals surface area contributed by atoms with Crippen LogP contribution in [0.5, 0.6) is 0 Å². The Balaban J connectivity index is 2.10. The second-order valence-corrected chi connectivity index (χ2v) is 7.03. The maximum absolute atomic E-state index is 12.0. The van der Waals surface area contributed by atoms with E-state index in [0.717, 1.165) is 0 Å². The van der Waals surface area contributed by atoms with Gasteiger partial charge in [-0.2, -0.15) is 0 Å². The van der Waals surface area contributed by atoms with Crippen LogP contribution in [0.3, 0.4) is 0 Å². The van der Waals surface area contributed by atoms with Gasteiger partial charge in [0.1, 0.15) is 18.3 Å². The number of H-pyrrole nitrogens is 1. The number of methoxy groups -OCH3 is 1. The van der Waals surface area contributed by atoms with Crippen LogP contribution in [-0.4, -0.2) is 59.5 Å². The van der Waals surface area contributed by atoms with Gasteiger partial charge in [0.2, 0.25) is 0 Å². The van der Waals surface area contributed by atoms with Gasteiger partial charge in [-0.25, -0.2) is 4.79 Å². The maximum Gasteiger partial charge on any atom is 0.330 e. The van der Waals surface area contributed by atoms with E-state index in [-0.39, 0.29) is 0 Å². The minimum Gasteiger partial charge on any atom is -0.387 e. The fourth-order valence-electron chi connectivity index (χ4n) is 2.65. The van der Waals surface area contributed by atoms with E-state index in [1.807, 2.05) is 19.9 Å². The van der Waals surface area contributed by atoms with Gasteiger partial charge in [-0.15, -0.1) is 0 Å². The number of nitrogens with one attached hydrogen (secondary N) is 1. The van der Waals surface area contributed by atoms with Crippen molar-refractivity contribution >= 4 is 8.38 Å². The molecule has 1 aromatic rings. The molecule has 26 heavy (non-hydrogen) atoms. The number of rotatable bonds is 9. The molecule has 2 heterocycles. The van der Waals surface area contributed by atoms with Gasteiger partial charge in [-0.3, -0.25) is 14.3 Å². The SMILES string of the molecule is CCOP(C/C=C/C1OC(n2ccc(=O)[nH]c2=O)C(OC)C1O)OCC.